The van der Waals surface area contributed by atoms with Crippen molar-refractivity contribution in [2.75, 3.05) is 6.54 Å². The second kappa shape index (κ2) is 5.71. The molecule has 1 fully saturated rings. The molecule has 0 bridgehead atoms. The number of hydrogen-bond donors (Lipinski definition) is 0. The molecule has 5 heteroatoms. The first-order valence-corrected chi connectivity index (χ1v) is 6.86. The van der Waals surface area contributed by atoms with Crippen molar-refractivity contribution in [3.63, 3.8) is 0 Å². The Labute approximate surface area is 116 Å². The summed E-state index contributed by atoms with van der Waals surface area (Å²) in [4.78, 5) is 6.25. The van der Waals surface area contributed by atoms with Crippen molar-refractivity contribution in [3.8, 4) is 0 Å². The third-order valence-electron chi connectivity index (χ3n) is 3.86. The molecule has 0 radical (unpaired) electrons. The first-order valence-electron chi connectivity index (χ1n) is 6.86. The summed E-state index contributed by atoms with van der Waals surface area (Å²) < 4.78 is 29.0. The van der Waals surface area contributed by atoms with E-state index < -0.39 is 0 Å². The van der Waals surface area contributed by atoms with Crippen LogP contribution < -0.4 is 0 Å². The third-order valence-corrected chi connectivity index (χ3v) is 3.86. The fourth-order valence-electron chi connectivity index (χ4n) is 2.83. The van der Waals surface area contributed by atoms with E-state index in [9.17, 15) is 8.78 Å². The van der Waals surface area contributed by atoms with Crippen LogP contribution in [-0.4, -0.2) is 27.0 Å². The smallest absolute Gasteiger partial charge is 0.127 e. The summed E-state index contributed by atoms with van der Waals surface area (Å²) >= 11 is 0. The van der Waals surface area contributed by atoms with Gasteiger partial charge in [-0.3, -0.25) is 4.90 Å². The molecule has 106 valence electrons. The fraction of sp³-hybridized carbons (Fsp3) is 0.400. The van der Waals surface area contributed by atoms with Crippen LogP contribution in [0.1, 0.15) is 18.4 Å². The Morgan fingerprint density at radius 2 is 2.20 bits per heavy atom. The lowest BCUT2D eigenvalue weighted by Crippen LogP contribution is -2.32. The van der Waals surface area contributed by atoms with Gasteiger partial charge in [-0.1, -0.05) is 0 Å². The molecular formula is C15H17F2N3. The molecule has 0 saturated carbocycles. The molecule has 0 N–H and O–H groups in total. The van der Waals surface area contributed by atoms with Crippen LogP contribution in [0.25, 0.3) is 0 Å². The highest BCUT2D eigenvalue weighted by atomic mass is 19.1. The van der Waals surface area contributed by atoms with Gasteiger partial charge in [-0.2, -0.15) is 0 Å². The maximum absolute atomic E-state index is 13.7. The molecule has 1 aliphatic rings. The monoisotopic (exact) mass is 277 g/mol. The Balaban J connectivity index is 1.71. The van der Waals surface area contributed by atoms with Gasteiger partial charge in [0, 0.05) is 37.1 Å². The van der Waals surface area contributed by atoms with Gasteiger partial charge in [-0.25, -0.2) is 13.8 Å². The van der Waals surface area contributed by atoms with Gasteiger partial charge < -0.3 is 4.57 Å². The number of imidazole rings is 1. The minimum atomic E-state index is -0.383. The van der Waals surface area contributed by atoms with E-state index in [2.05, 4.69) is 9.88 Å². The summed E-state index contributed by atoms with van der Waals surface area (Å²) in [7, 11) is 0. The van der Waals surface area contributed by atoms with Gasteiger partial charge in [0.25, 0.3) is 0 Å². The minimum absolute atomic E-state index is 0.334. The first-order chi connectivity index (χ1) is 9.72. The van der Waals surface area contributed by atoms with Crippen molar-refractivity contribution in [1.29, 1.82) is 0 Å². The fourth-order valence-corrected chi connectivity index (χ4v) is 2.83. The molecule has 1 aromatic carbocycles. The van der Waals surface area contributed by atoms with E-state index in [1.54, 1.807) is 12.5 Å². The van der Waals surface area contributed by atoms with E-state index in [0.29, 0.717) is 18.2 Å². The van der Waals surface area contributed by atoms with Crippen LogP contribution in [0.3, 0.4) is 0 Å². The van der Waals surface area contributed by atoms with Crippen LogP contribution in [-0.2, 0) is 13.1 Å². The Bertz CT molecular complexity index is 569. The predicted molar refractivity (Wildman–Crippen MR) is 72.0 cm³/mol. The molecule has 0 spiro atoms. The topological polar surface area (TPSA) is 21.1 Å². The van der Waals surface area contributed by atoms with Crippen molar-refractivity contribution in [1.82, 2.24) is 14.5 Å². The van der Waals surface area contributed by atoms with Crippen LogP contribution in [0.2, 0.25) is 0 Å². The molecule has 1 atom stereocenters. The molecular weight excluding hydrogens is 260 g/mol. The molecule has 0 amide bonds. The molecule has 1 aromatic heterocycles. The van der Waals surface area contributed by atoms with Crippen LogP contribution in [0.4, 0.5) is 8.78 Å². The zero-order valence-corrected chi connectivity index (χ0v) is 11.2. The summed E-state index contributed by atoms with van der Waals surface area (Å²) in [5.74, 6) is -0.716. The summed E-state index contributed by atoms with van der Waals surface area (Å²) in [5, 5.41) is 0. The number of rotatable bonds is 4. The summed E-state index contributed by atoms with van der Waals surface area (Å²) in [6.07, 6.45) is 7.65. The minimum Gasteiger partial charge on any atom is -0.336 e. The van der Waals surface area contributed by atoms with Crippen molar-refractivity contribution in [2.45, 2.75) is 32.0 Å². The number of hydrogen-bond acceptors (Lipinski definition) is 2. The largest absolute Gasteiger partial charge is 0.336 e. The lowest BCUT2D eigenvalue weighted by molar-refractivity contribution is 0.221. The van der Waals surface area contributed by atoms with E-state index in [1.165, 1.54) is 12.1 Å². The van der Waals surface area contributed by atoms with Gasteiger partial charge >= 0.3 is 0 Å². The number of nitrogens with zero attached hydrogens (tertiary/aromatic N) is 3. The van der Waals surface area contributed by atoms with Crippen molar-refractivity contribution >= 4 is 0 Å². The number of aromatic nitrogens is 2. The maximum Gasteiger partial charge on any atom is 0.127 e. The summed E-state index contributed by atoms with van der Waals surface area (Å²) in [6, 6.07) is 4.01. The quantitative estimate of drug-likeness (QED) is 0.857. The van der Waals surface area contributed by atoms with Gasteiger partial charge in [-0.15, -0.1) is 0 Å². The Kier molecular flexibility index (Phi) is 3.78. The maximum atomic E-state index is 13.7. The van der Waals surface area contributed by atoms with E-state index in [1.807, 2.05) is 10.8 Å². The molecule has 2 heterocycles. The van der Waals surface area contributed by atoms with Gasteiger partial charge in [0.15, 0.2) is 0 Å². The van der Waals surface area contributed by atoms with Gasteiger partial charge in [-0.05, 0) is 37.6 Å². The van der Waals surface area contributed by atoms with Crippen LogP contribution in [0.5, 0.6) is 0 Å². The average Bonchev–Trinajstić information content (AvgIpc) is 3.07. The lowest BCUT2D eigenvalue weighted by atomic mass is 10.1. The molecule has 0 unspecified atom stereocenters. The zero-order valence-electron chi connectivity index (χ0n) is 11.2. The van der Waals surface area contributed by atoms with Crippen LogP contribution in [0.15, 0.2) is 36.9 Å². The number of halogens is 2. The van der Waals surface area contributed by atoms with Crippen molar-refractivity contribution in [2.24, 2.45) is 0 Å². The average molecular weight is 277 g/mol. The van der Waals surface area contributed by atoms with Gasteiger partial charge in [0.1, 0.15) is 11.6 Å². The third kappa shape index (κ3) is 2.88. The van der Waals surface area contributed by atoms with Crippen LogP contribution in [0, 0.1) is 11.6 Å². The first kappa shape index (κ1) is 13.2. The highest BCUT2D eigenvalue weighted by Gasteiger charge is 2.25. The molecule has 0 aliphatic carbocycles. The lowest BCUT2D eigenvalue weighted by Gasteiger charge is -2.25. The molecule has 1 saturated heterocycles. The SMILES string of the molecule is Fc1ccc(F)c(CN2CCC[C@@H]2Cn2ccnc2)c1. The Morgan fingerprint density at radius 1 is 1.30 bits per heavy atom. The Hall–Kier alpha value is -1.75. The molecule has 3 rings (SSSR count). The van der Waals surface area contributed by atoms with E-state index in [4.69, 9.17) is 0 Å². The van der Waals surface area contributed by atoms with Gasteiger partial charge in [0.05, 0.1) is 6.33 Å². The summed E-state index contributed by atoms with van der Waals surface area (Å²) in [5.41, 5.74) is 0.433. The second-order valence-electron chi connectivity index (χ2n) is 5.26. The molecule has 20 heavy (non-hydrogen) atoms. The molecule has 2 aromatic rings. The molecule has 1 aliphatic heterocycles. The van der Waals surface area contributed by atoms with Crippen molar-refractivity contribution < 1.29 is 8.78 Å². The highest BCUT2D eigenvalue weighted by Crippen LogP contribution is 2.22. The van der Waals surface area contributed by atoms with E-state index in [0.717, 1.165) is 32.0 Å². The molecule has 3 nitrogen and oxygen atoms in total. The normalized spacial score (nSPS) is 19.6. The van der Waals surface area contributed by atoms with Crippen LogP contribution >= 0.6 is 0 Å². The van der Waals surface area contributed by atoms with E-state index >= 15 is 0 Å². The predicted octanol–water partition coefficient (Wildman–Crippen LogP) is 2.83. The second-order valence-corrected chi connectivity index (χ2v) is 5.26. The summed E-state index contributed by atoms with van der Waals surface area (Å²) in [6.45, 7) is 2.23. The zero-order chi connectivity index (χ0) is 13.9. The number of benzene rings is 1. The number of likely N-dealkylation sites (tertiary alicyclic amines) is 1. The van der Waals surface area contributed by atoms with Crippen molar-refractivity contribution in [3.05, 3.63) is 54.1 Å². The van der Waals surface area contributed by atoms with Gasteiger partial charge in [0.2, 0.25) is 0 Å². The Morgan fingerprint density at radius 3 is 3.00 bits per heavy atom. The standard InChI is InChI=1S/C15H17F2N3/c16-13-3-4-15(17)12(8-13)9-20-6-1-2-14(20)10-19-7-5-18-11-19/h3-5,7-8,11,14H,1-2,6,9-10H2/t14-/m1/s1. The van der Waals surface area contributed by atoms with E-state index in [-0.39, 0.29) is 11.6 Å². The highest BCUT2D eigenvalue weighted by molar-refractivity contribution is 5.18.